The molecule has 7 nitrogen and oxygen atoms in total. The number of benzene rings is 1. The van der Waals surface area contributed by atoms with Crippen molar-refractivity contribution in [1.29, 1.82) is 5.26 Å². The van der Waals surface area contributed by atoms with Crippen molar-refractivity contribution in [3.8, 4) is 6.07 Å². The van der Waals surface area contributed by atoms with Crippen LogP contribution in [0, 0.1) is 11.3 Å². The molecule has 0 saturated heterocycles. The molecule has 3 aromatic rings. The van der Waals surface area contributed by atoms with E-state index >= 15 is 0 Å². The van der Waals surface area contributed by atoms with Gasteiger partial charge in [0.15, 0.2) is 0 Å². The average Bonchev–Trinajstić information content (AvgIpc) is 3.13. The minimum absolute atomic E-state index is 0.0963. The number of fused-ring (bicyclic) bond motifs is 1. The van der Waals surface area contributed by atoms with E-state index in [-0.39, 0.29) is 18.0 Å². The van der Waals surface area contributed by atoms with Crippen molar-refractivity contribution in [2.24, 2.45) is 5.73 Å². The van der Waals surface area contributed by atoms with Crippen LogP contribution in [0.1, 0.15) is 41.6 Å². The van der Waals surface area contributed by atoms with E-state index in [0.717, 1.165) is 25.7 Å². The van der Waals surface area contributed by atoms with Crippen molar-refractivity contribution in [2.75, 3.05) is 10.6 Å². The zero-order valence-electron chi connectivity index (χ0n) is 15.2. The molecule has 4 rings (SSSR count). The Balaban J connectivity index is 1.59. The lowest BCUT2D eigenvalue weighted by Crippen LogP contribution is -2.42. The number of aromatic nitrogens is 2. The summed E-state index contributed by atoms with van der Waals surface area (Å²) in [6.45, 7) is 0. The van der Waals surface area contributed by atoms with E-state index in [4.69, 9.17) is 5.73 Å². The molecule has 0 aliphatic heterocycles. The van der Waals surface area contributed by atoms with Gasteiger partial charge in [0.2, 0.25) is 0 Å². The first-order valence-corrected chi connectivity index (χ1v) is 10.1. The number of carbonyl (C=O) groups excluding carboxylic acids is 1. The van der Waals surface area contributed by atoms with Gasteiger partial charge in [-0.1, -0.05) is 25.0 Å². The monoisotopic (exact) mass is 392 g/mol. The van der Waals surface area contributed by atoms with Crippen LogP contribution in [0.15, 0.2) is 35.8 Å². The topological polar surface area (TPSA) is 117 Å². The summed E-state index contributed by atoms with van der Waals surface area (Å²) in [5.41, 5.74) is 8.09. The maximum absolute atomic E-state index is 12.8. The summed E-state index contributed by atoms with van der Waals surface area (Å²) in [6, 6.07) is 9.24. The molecule has 142 valence electrons. The number of para-hydroxylation sites is 1. The highest BCUT2D eigenvalue weighted by atomic mass is 32.1. The molecule has 1 aromatic carbocycles. The minimum atomic E-state index is -0.310. The van der Waals surface area contributed by atoms with E-state index < -0.39 is 0 Å². The molecule has 1 aliphatic rings. The summed E-state index contributed by atoms with van der Waals surface area (Å²) in [4.78, 5) is 22.5. The lowest BCUT2D eigenvalue weighted by Gasteiger charge is -2.29. The number of nitrogens with two attached hydrogens (primary N) is 1. The summed E-state index contributed by atoms with van der Waals surface area (Å²) < 4.78 is 0. The number of amides is 1. The number of carbonyl (C=O) groups is 1. The smallest absolute Gasteiger partial charge is 0.258 e. The van der Waals surface area contributed by atoms with Gasteiger partial charge in [0.1, 0.15) is 22.2 Å². The number of nitriles is 1. The third-order valence-corrected chi connectivity index (χ3v) is 5.85. The zero-order valence-corrected chi connectivity index (χ0v) is 16.0. The SMILES string of the molecule is N#Cc1ccccc1NC(=O)c1csc2ncc(N[C@@H]3CCCC[C@@H]3N)nc12. The van der Waals surface area contributed by atoms with Crippen molar-refractivity contribution < 1.29 is 4.79 Å². The highest BCUT2D eigenvalue weighted by Crippen LogP contribution is 2.26. The quantitative estimate of drug-likeness (QED) is 0.626. The van der Waals surface area contributed by atoms with E-state index in [1.165, 1.54) is 11.3 Å². The molecule has 28 heavy (non-hydrogen) atoms. The van der Waals surface area contributed by atoms with Crippen LogP contribution in [0.25, 0.3) is 10.3 Å². The lowest BCUT2D eigenvalue weighted by molar-refractivity contribution is 0.102. The number of rotatable bonds is 4. The van der Waals surface area contributed by atoms with Crippen molar-refractivity contribution in [1.82, 2.24) is 9.97 Å². The summed E-state index contributed by atoms with van der Waals surface area (Å²) in [7, 11) is 0. The minimum Gasteiger partial charge on any atom is -0.364 e. The van der Waals surface area contributed by atoms with Gasteiger partial charge in [-0.15, -0.1) is 11.3 Å². The molecular formula is C20H20N6OS. The van der Waals surface area contributed by atoms with E-state index in [9.17, 15) is 10.1 Å². The van der Waals surface area contributed by atoms with Gasteiger partial charge < -0.3 is 16.4 Å². The Morgan fingerprint density at radius 2 is 2.11 bits per heavy atom. The number of nitrogens with zero attached hydrogens (tertiary/aromatic N) is 3. The van der Waals surface area contributed by atoms with Gasteiger partial charge >= 0.3 is 0 Å². The highest BCUT2D eigenvalue weighted by Gasteiger charge is 2.23. The largest absolute Gasteiger partial charge is 0.364 e. The Kier molecular flexibility index (Phi) is 5.19. The second-order valence-corrected chi connectivity index (χ2v) is 7.73. The molecule has 2 heterocycles. The normalized spacial score (nSPS) is 19.1. The van der Waals surface area contributed by atoms with Crippen LogP contribution in [0.4, 0.5) is 11.5 Å². The molecule has 0 radical (unpaired) electrons. The van der Waals surface area contributed by atoms with Crippen LogP contribution in [0.2, 0.25) is 0 Å². The van der Waals surface area contributed by atoms with E-state index in [2.05, 4.69) is 26.7 Å². The summed E-state index contributed by atoms with van der Waals surface area (Å²) >= 11 is 1.37. The number of hydrogen-bond acceptors (Lipinski definition) is 7. The van der Waals surface area contributed by atoms with E-state index in [1.54, 1.807) is 35.8 Å². The van der Waals surface area contributed by atoms with E-state index in [0.29, 0.717) is 33.0 Å². The van der Waals surface area contributed by atoms with Gasteiger partial charge in [0.25, 0.3) is 5.91 Å². The first-order valence-electron chi connectivity index (χ1n) is 9.22. The molecule has 1 fully saturated rings. The van der Waals surface area contributed by atoms with Gasteiger partial charge in [-0.3, -0.25) is 4.79 Å². The first kappa shape index (κ1) is 18.3. The Morgan fingerprint density at radius 3 is 2.93 bits per heavy atom. The molecule has 8 heteroatoms. The predicted molar refractivity (Wildman–Crippen MR) is 110 cm³/mol. The number of anilines is 2. The molecule has 1 amide bonds. The molecule has 0 bridgehead atoms. The fourth-order valence-corrected chi connectivity index (χ4v) is 4.28. The second kappa shape index (κ2) is 7.92. The van der Waals surface area contributed by atoms with Crippen LogP contribution >= 0.6 is 11.3 Å². The molecule has 1 saturated carbocycles. The summed E-state index contributed by atoms with van der Waals surface area (Å²) in [5.74, 6) is 0.314. The number of hydrogen-bond donors (Lipinski definition) is 3. The van der Waals surface area contributed by atoms with Gasteiger partial charge in [-0.25, -0.2) is 9.97 Å². The van der Waals surface area contributed by atoms with E-state index in [1.807, 2.05) is 0 Å². The van der Waals surface area contributed by atoms with Gasteiger partial charge in [0.05, 0.1) is 23.0 Å². The molecule has 2 atom stereocenters. The lowest BCUT2D eigenvalue weighted by atomic mass is 9.91. The van der Waals surface area contributed by atoms with Crippen LogP contribution in [-0.2, 0) is 0 Å². The zero-order chi connectivity index (χ0) is 19.5. The first-order chi connectivity index (χ1) is 13.7. The molecule has 0 unspecified atom stereocenters. The van der Waals surface area contributed by atoms with Crippen molar-refractivity contribution in [3.63, 3.8) is 0 Å². The standard InChI is InChI=1S/C20H20N6OS/c21-9-12-5-1-3-7-15(12)25-19(27)13-11-28-20-18(13)26-17(10-23-20)24-16-8-4-2-6-14(16)22/h1,3,5,7,10-11,14,16H,2,4,6,8,22H2,(H,24,26)(H,25,27)/t14-,16+/m0/s1. The third-order valence-electron chi connectivity index (χ3n) is 4.98. The van der Waals surface area contributed by atoms with Gasteiger partial charge in [0, 0.05) is 17.5 Å². The van der Waals surface area contributed by atoms with Gasteiger partial charge in [-0.2, -0.15) is 5.26 Å². The van der Waals surface area contributed by atoms with Crippen LogP contribution in [0.5, 0.6) is 0 Å². The Morgan fingerprint density at radius 1 is 1.29 bits per heavy atom. The predicted octanol–water partition coefficient (Wildman–Crippen LogP) is 3.50. The van der Waals surface area contributed by atoms with Crippen molar-refractivity contribution in [3.05, 3.63) is 47.0 Å². The second-order valence-electron chi connectivity index (χ2n) is 6.87. The Hall–Kier alpha value is -3.02. The average molecular weight is 392 g/mol. The highest BCUT2D eigenvalue weighted by molar-refractivity contribution is 7.17. The third kappa shape index (κ3) is 3.67. The van der Waals surface area contributed by atoms with Crippen LogP contribution < -0.4 is 16.4 Å². The molecule has 4 N–H and O–H groups in total. The maximum atomic E-state index is 12.8. The fraction of sp³-hybridized carbons (Fsp3) is 0.300. The molecular weight excluding hydrogens is 372 g/mol. The Bertz CT molecular complexity index is 1060. The summed E-state index contributed by atoms with van der Waals surface area (Å²) in [6.07, 6.45) is 5.99. The van der Waals surface area contributed by atoms with Crippen molar-refractivity contribution in [2.45, 2.75) is 37.8 Å². The molecule has 2 aromatic heterocycles. The van der Waals surface area contributed by atoms with Crippen LogP contribution in [0.3, 0.4) is 0 Å². The number of thiophene rings is 1. The fourth-order valence-electron chi connectivity index (χ4n) is 3.45. The Labute approximate surface area is 166 Å². The van der Waals surface area contributed by atoms with Crippen molar-refractivity contribution >= 4 is 39.1 Å². The molecule has 1 aliphatic carbocycles. The maximum Gasteiger partial charge on any atom is 0.258 e. The summed E-state index contributed by atoms with van der Waals surface area (Å²) in [5, 5.41) is 17.1. The van der Waals surface area contributed by atoms with Gasteiger partial charge in [-0.05, 0) is 25.0 Å². The molecule has 0 spiro atoms. The number of nitrogens with one attached hydrogen (secondary N) is 2. The van der Waals surface area contributed by atoms with Crippen LogP contribution in [-0.4, -0.2) is 28.0 Å².